The highest BCUT2D eigenvalue weighted by atomic mass is 16.3. The first kappa shape index (κ1) is 18.3. The Kier molecular flexibility index (Phi) is 6.26. The van der Waals surface area contributed by atoms with Gasteiger partial charge in [0.1, 0.15) is 0 Å². The molecular weight excluding hydrogens is 302 g/mol. The van der Waals surface area contributed by atoms with E-state index in [1.807, 2.05) is 26.1 Å². The van der Waals surface area contributed by atoms with Crippen molar-refractivity contribution in [1.29, 1.82) is 0 Å². The van der Waals surface area contributed by atoms with Crippen LogP contribution < -0.4 is 10.6 Å². The molecule has 0 fully saturated rings. The van der Waals surface area contributed by atoms with Crippen LogP contribution in [0, 0.1) is 12.3 Å². The van der Waals surface area contributed by atoms with Crippen molar-refractivity contribution in [3.8, 4) is 0 Å². The monoisotopic (exact) mass is 331 g/mol. The molecule has 24 heavy (non-hydrogen) atoms. The first-order chi connectivity index (χ1) is 11.4. The number of hydrogen-bond acceptors (Lipinski definition) is 2. The minimum Gasteiger partial charge on any atom is -0.396 e. The highest BCUT2D eigenvalue weighted by Gasteiger charge is 2.15. The second-order valence-electron chi connectivity index (χ2n) is 7.17. The molecule has 0 aliphatic rings. The number of carbonyl (C=O) groups excluding carboxylic acids is 1. The molecule has 0 saturated heterocycles. The van der Waals surface area contributed by atoms with Gasteiger partial charge in [-0.15, -0.1) is 0 Å². The van der Waals surface area contributed by atoms with E-state index in [-0.39, 0.29) is 18.1 Å². The van der Waals surface area contributed by atoms with E-state index in [2.05, 4.69) is 34.7 Å². The Balaban J connectivity index is 1.71. The van der Waals surface area contributed by atoms with Crippen LogP contribution in [0.25, 0.3) is 10.9 Å². The Bertz CT molecular complexity index is 676. The topological polar surface area (TPSA) is 77.2 Å². The maximum atomic E-state index is 11.8. The number of nitrogens with one attached hydrogen (secondary N) is 3. The summed E-state index contributed by atoms with van der Waals surface area (Å²) in [6.07, 6.45) is 4.57. The summed E-state index contributed by atoms with van der Waals surface area (Å²) in [6.45, 7) is 7.56. The van der Waals surface area contributed by atoms with Gasteiger partial charge in [0.2, 0.25) is 0 Å². The number of aromatic amines is 1. The van der Waals surface area contributed by atoms with Crippen molar-refractivity contribution in [2.75, 3.05) is 19.7 Å². The summed E-state index contributed by atoms with van der Waals surface area (Å²) in [4.78, 5) is 15.1. The molecule has 5 nitrogen and oxygen atoms in total. The Morgan fingerprint density at radius 2 is 2.00 bits per heavy atom. The standard InChI is InChI=1S/C19H29N3O2/c1-14-6-4-7-16-17(14)15(12-22-16)8-11-21-18(24)20-10-5-9-19(2,3)13-23/h4,6-7,12,22-23H,5,8-11,13H2,1-3H3,(H2,20,21,24). The Hall–Kier alpha value is -2.01. The van der Waals surface area contributed by atoms with Gasteiger partial charge in [-0.1, -0.05) is 26.0 Å². The second kappa shape index (κ2) is 8.20. The predicted molar refractivity (Wildman–Crippen MR) is 98.2 cm³/mol. The molecule has 5 heteroatoms. The zero-order valence-corrected chi connectivity index (χ0v) is 14.9. The lowest BCUT2D eigenvalue weighted by Crippen LogP contribution is -2.37. The van der Waals surface area contributed by atoms with Gasteiger partial charge < -0.3 is 20.7 Å². The molecule has 2 rings (SSSR count). The van der Waals surface area contributed by atoms with Gasteiger partial charge in [0.05, 0.1) is 0 Å². The normalized spacial score (nSPS) is 11.7. The quantitative estimate of drug-likeness (QED) is 0.561. The molecule has 1 aromatic carbocycles. The molecule has 0 aliphatic heterocycles. The van der Waals surface area contributed by atoms with E-state index in [0.29, 0.717) is 13.1 Å². The summed E-state index contributed by atoms with van der Waals surface area (Å²) in [7, 11) is 0. The van der Waals surface area contributed by atoms with E-state index in [4.69, 9.17) is 0 Å². The highest BCUT2D eigenvalue weighted by Crippen LogP contribution is 2.22. The second-order valence-corrected chi connectivity index (χ2v) is 7.17. The number of fused-ring (bicyclic) bond motifs is 1. The van der Waals surface area contributed by atoms with Crippen molar-refractivity contribution in [2.24, 2.45) is 5.41 Å². The number of aryl methyl sites for hydroxylation is 1. The van der Waals surface area contributed by atoms with Gasteiger partial charge in [0, 0.05) is 36.8 Å². The van der Waals surface area contributed by atoms with Crippen molar-refractivity contribution in [1.82, 2.24) is 15.6 Å². The van der Waals surface area contributed by atoms with E-state index < -0.39 is 0 Å². The van der Waals surface area contributed by atoms with Crippen LogP contribution in [-0.2, 0) is 6.42 Å². The smallest absolute Gasteiger partial charge is 0.314 e. The molecule has 0 radical (unpaired) electrons. The van der Waals surface area contributed by atoms with Crippen molar-refractivity contribution < 1.29 is 9.90 Å². The van der Waals surface area contributed by atoms with Crippen molar-refractivity contribution in [3.05, 3.63) is 35.5 Å². The number of hydrogen-bond donors (Lipinski definition) is 4. The molecule has 0 unspecified atom stereocenters. The third-order valence-electron chi connectivity index (χ3n) is 4.42. The third kappa shape index (κ3) is 4.99. The van der Waals surface area contributed by atoms with Gasteiger partial charge in [0.25, 0.3) is 0 Å². The first-order valence-electron chi connectivity index (χ1n) is 8.61. The fourth-order valence-corrected chi connectivity index (χ4v) is 2.87. The van der Waals surface area contributed by atoms with Gasteiger partial charge >= 0.3 is 6.03 Å². The summed E-state index contributed by atoms with van der Waals surface area (Å²) in [5.74, 6) is 0. The maximum absolute atomic E-state index is 11.8. The summed E-state index contributed by atoms with van der Waals surface area (Å²) < 4.78 is 0. The van der Waals surface area contributed by atoms with Crippen LogP contribution in [0.4, 0.5) is 4.79 Å². The molecule has 132 valence electrons. The van der Waals surface area contributed by atoms with Crippen LogP contribution in [0.1, 0.15) is 37.8 Å². The SMILES string of the molecule is Cc1cccc2[nH]cc(CCNC(=O)NCCCC(C)(C)CO)c12. The molecule has 1 heterocycles. The minimum absolute atomic E-state index is 0.0780. The molecule has 2 amide bonds. The van der Waals surface area contributed by atoms with Crippen molar-refractivity contribution in [3.63, 3.8) is 0 Å². The van der Waals surface area contributed by atoms with Gasteiger partial charge in [-0.25, -0.2) is 4.79 Å². The molecule has 2 aromatic rings. The number of rotatable bonds is 8. The Morgan fingerprint density at radius 1 is 1.25 bits per heavy atom. The van der Waals surface area contributed by atoms with Gasteiger partial charge in [-0.05, 0) is 48.8 Å². The van der Waals surface area contributed by atoms with E-state index in [1.165, 1.54) is 16.5 Å². The van der Waals surface area contributed by atoms with Crippen molar-refractivity contribution in [2.45, 2.75) is 40.0 Å². The number of amides is 2. The maximum Gasteiger partial charge on any atom is 0.314 e. The van der Waals surface area contributed by atoms with E-state index >= 15 is 0 Å². The highest BCUT2D eigenvalue weighted by molar-refractivity contribution is 5.86. The number of urea groups is 1. The number of carbonyl (C=O) groups is 1. The lowest BCUT2D eigenvalue weighted by atomic mass is 9.89. The molecule has 0 bridgehead atoms. The molecule has 1 aromatic heterocycles. The Morgan fingerprint density at radius 3 is 2.75 bits per heavy atom. The summed E-state index contributed by atoms with van der Waals surface area (Å²) in [6, 6.07) is 6.09. The van der Waals surface area contributed by atoms with Crippen LogP contribution in [0.5, 0.6) is 0 Å². The number of aromatic nitrogens is 1. The van der Waals surface area contributed by atoms with Crippen LogP contribution >= 0.6 is 0 Å². The van der Waals surface area contributed by atoms with Gasteiger partial charge in [0.15, 0.2) is 0 Å². The van der Waals surface area contributed by atoms with Crippen LogP contribution in [0.15, 0.2) is 24.4 Å². The predicted octanol–water partition coefficient (Wildman–Crippen LogP) is 3.12. The minimum atomic E-state index is -0.131. The van der Waals surface area contributed by atoms with Crippen LogP contribution in [0.2, 0.25) is 0 Å². The average Bonchev–Trinajstić information content (AvgIpc) is 2.96. The van der Waals surface area contributed by atoms with Crippen molar-refractivity contribution >= 4 is 16.9 Å². The molecule has 0 saturated carbocycles. The third-order valence-corrected chi connectivity index (χ3v) is 4.42. The zero-order chi connectivity index (χ0) is 17.6. The summed E-state index contributed by atoms with van der Waals surface area (Å²) >= 11 is 0. The van der Waals surface area contributed by atoms with Crippen LogP contribution in [0.3, 0.4) is 0 Å². The Labute approximate surface area is 143 Å². The molecule has 0 spiro atoms. The average molecular weight is 331 g/mol. The van der Waals surface area contributed by atoms with Gasteiger partial charge in [-0.3, -0.25) is 0 Å². The lowest BCUT2D eigenvalue weighted by Gasteiger charge is -2.21. The number of aliphatic hydroxyl groups is 1. The summed E-state index contributed by atoms with van der Waals surface area (Å²) in [5, 5.41) is 16.2. The number of H-pyrrole nitrogens is 1. The number of benzene rings is 1. The van der Waals surface area contributed by atoms with E-state index in [9.17, 15) is 9.90 Å². The number of aliphatic hydroxyl groups excluding tert-OH is 1. The van der Waals surface area contributed by atoms with Gasteiger partial charge in [-0.2, -0.15) is 0 Å². The first-order valence-corrected chi connectivity index (χ1v) is 8.61. The van der Waals surface area contributed by atoms with Crippen LogP contribution in [-0.4, -0.2) is 35.8 Å². The lowest BCUT2D eigenvalue weighted by molar-refractivity contribution is 0.148. The fourth-order valence-electron chi connectivity index (χ4n) is 2.87. The fraction of sp³-hybridized carbons (Fsp3) is 0.526. The van der Waals surface area contributed by atoms with E-state index in [1.54, 1.807) is 0 Å². The van der Waals surface area contributed by atoms with E-state index in [0.717, 1.165) is 24.8 Å². The molecule has 4 N–H and O–H groups in total. The largest absolute Gasteiger partial charge is 0.396 e. The molecule has 0 aliphatic carbocycles. The summed E-state index contributed by atoms with van der Waals surface area (Å²) in [5.41, 5.74) is 3.54. The molecule has 0 atom stereocenters. The zero-order valence-electron chi connectivity index (χ0n) is 14.9. The molecular formula is C19H29N3O2.